The van der Waals surface area contributed by atoms with Crippen molar-refractivity contribution in [1.82, 2.24) is 0 Å². The van der Waals surface area contributed by atoms with E-state index in [0.717, 1.165) is 17.7 Å². The standard InChI is InChI=1S/C14H14O2/c1-4-14(8-9-16-11(14)2)12-6-5-7-13(10-12)15-3/h1,5-7,10H,2,8-9H2,3H3. The van der Waals surface area contributed by atoms with Crippen LogP contribution in [0.3, 0.4) is 0 Å². The summed E-state index contributed by atoms with van der Waals surface area (Å²) in [6.45, 7) is 4.53. The molecule has 1 aromatic carbocycles. The molecule has 1 saturated heterocycles. The Bertz CT molecular complexity index is 456. The number of hydrogen-bond acceptors (Lipinski definition) is 2. The molecular weight excluding hydrogens is 200 g/mol. The maximum Gasteiger partial charge on any atom is 0.119 e. The summed E-state index contributed by atoms with van der Waals surface area (Å²) in [6.07, 6.45) is 6.42. The molecule has 2 heteroatoms. The van der Waals surface area contributed by atoms with Gasteiger partial charge in [-0.25, -0.2) is 0 Å². The first kappa shape index (κ1) is 10.6. The Hall–Kier alpha value is -1.88. The van der Waals surface area contributed by atoms with Crippen molar-refractivity contribution < 1.29 is 9.47 Å². The van der Waals surface area contributed by atoms with Crippen LogP contribution >= 0.6 is 0 Å². The monoisotopic (exact) mass is 214 g/mol. The summed E-state index contributed by atoms with van der Waals surface area (Å²) in [6, 6.07) is 7.76. The number of allylic oxidation sites excluding steroid dienone is 1. The topological polar surface area (TPSA) is 18.5 Å². The van der Waals surface area contributed by atoms with Crippen LogP contribution in [0.15, 0.2) is 36.6 Å². The lowest BCUT2D eigenvalue weighted by Gasteiger charge is -2.22. The summed E-state index contributed by atoms with van der Waals surface area (Å²) < 4.78 is 10.6. The van der Waals surface area contributed by atoms with Crippen molar-refractivity contribution in [2.45, 2.75) is 11.8 Å². The second-order valence-corrected chi connectivity index (χ2v) is 3.80. The lowest BCUT2D eigenvalue weighted by Crippen LogP contribution is -2.21. The first-order chi connectivity index (χ1) is 7.73. The van der Waals surface area contributed by atoms with Gasteiger partial charge in [-0.3, -0.25) is 0 Å². The highest BCUT2D eigenvalue weighted by atomic mass is 16.5. The Kier molecular flexibility index (Phi) is 2.62. The Balaban J connectivity index is 2.49. The van der Waals surface area contributed by atoms with Crippen LogP contribution in [0, 0.1) is 12.3 Å². The molecule has 82 valence electrons. The summed E-state index contributed by atoms with van der Waals surface area (Å²) in [7, 11) is 1.64. The second-order valence-electron chi connectivity index (χ2n) is 3.80. The van der Waals surface area contributed by atoms with Gasteiger partial charge in [0.05, 0.1) is 13.7 Å². The van der Waals surface area contributed by atoms with Crippen molar-refractivity contribution in [1.29, 1.82) is 0 Å². The van der Waals surface area contributed by atoms with Gasteiger partial charge in [-0.15, -0.1) is 6.42 Å². The summed E-state index contributed by atoms with van der Waals surface area (Å²) >= 11 is 0. The zero-order chi connectivity index (χ0) is 11.6. The molecule has 0 bridgehead atoms. The minimum absolute atomic E-state index is 0.492. The van der Waals surface area contributed by atoms with E-state index in [2.05, 4.69) is 12.5 Å². The Morgan fingerprint density at radius 2 is 2.38 bits per heavy atom. The zero-order valence-electron chi connectivity index (χ0n) is 9.32. The van der Waals surface area contributed by atoms with Crippen molar-refractivity contribution in [3.8, 4) is 18.1 Å². The van der Waals surface area contributed by atoms with Crippen molar-refractivity contribution in [3.05, 3.63) is 42.2 Å². The summed E-state index contributed by atoms with van der Waals surface area (Å²) in [5.41, 5.74) is 0.519. The third kappa shape index (κ3) is 1.45. The minimum atomic E-state index is -0.492. The number of terminal acetylenes is 1. The molecule has 0 saturated carbocycles. The summed E-state index contributed by atoms with van der Waals surface area (Å²) in [5.74, 6) is 4.27. The van der Waals surface area contributed by atoms with Gasteiger partial charge in [0.15, 0.2) is 0 Å². The van der Waals surface area contributed by atoms with Crippen molar-refractivity contribution in [3.63, 3.8) is 0 Å². The van der Waals surface area contributed by atoms with E-state index in [1.165, 1.54) is 0 Å². The fraction of sp³-hybridized carbons (Fsp3) is 0.286. The van der Waals surface area contributed by atoms with Gasteiger partial charge in [0.25, 0.3) is 0 Å². The normalized spacial score (nSPS) is 23.6. The Morgan fingerprint density at radius 1 is 1.56 bits per heavy atom. The van der Waals surface area contributed by atoms with Gasteiger partial charge < -0.3 is 9.47 Å². The maximum absolute atomic E-state index is 5.65. The van der Waals surface area contributed by atoms with E-state index in [9.17, 15) is 0 Å². The molecular formula is C14H14O2. The molecule has 0 aromatic heterocycles. The molecule has 0 spiro atoms. The smallest absolute Gasteiger partial charge is 0.119 e. The van der Waals surface area contributed by atoms with Gasteiger partial charge in [-0.2, -0.15) is 0 Å². The highest BCUT2D eigenvalue weighted by Gasteiger charge is 2.39. The summed E-state index contributed by atoms with van der Waals surface area (Å²) in [4.78, 5) is 0. The van der Waals surface area contributed by atoms with Crippen molar-refractivity contribution in [2.75, 3.05) is 13.7 Å². The van der Waals surface area contributed by atoms with Gasteiger partial charge in [-0.05, 0) is 17.7 Å². The van der Waals surface area contributed by atoms with Crippen LogP contribution in [0.5, 0.6) is 5.75 Å². The Morgan fingerprint density at radius 3 is 2.94 bits per heavy atom. The zero-order valence-corrected chi connectivity index (χ0v) is 9.32. The van der Waals surface area contributed by atoms with Crippen LogP contribution in [0.2, 0.25) is 0 Å². The van der Waals surface area contributed by atoms with Gasteiger partial charge in [0.2, 0.25) is 0 Å². The summed E-state index contributed by atoms with van der Waals surface area (Å²) in [5, 5.41) is 0. The lowest BCUT2D eigenvalue weighted by atomic mass is 9.78. The predicted molar refractivity (Wildman–Crippen MR) is 63.2 cm³/mol. The average Bonchev–Trinajstić information content (AvgIpc) is 2.71. The van der Waals surface area contributed by atoms with Crippen LogP contribution in [0.4, 0.5) is 0 Å². The third-order valence-corrected chi connectivity index (χ3v) is 3.04. The molecule has 1 aliphatic rings. The molecule has 1 fully saturated rings. The molecule has 1 aliphatic heterocycles. The number of hydrogen-bond donors (Lipinski definition) is 0. The molecule has 2 nitrogen and oxygen atoms in total. The van der Waals surface area contributed by atoms with Gasteiger partial charge in [0, 0.05) is 6.42 Å². The molecule has 0 aliphatic carbocycles. The quantitative estimate of drug-likeness (QED) is 0.704. The average molecular weight is 214 g/mol. The van der Waals surface area contributed by atoms with Crippen LogP contribution in [-0.4, -0.2) is 13.7 Å². The first-order valence-electron chi connectivity index (χ1n) is 5.17. The van der Waals surface area contributed by atoms with Gasteiger partial charge in [0.1, 0.15) is 16.9 Å². The number of ether oxygens (including phenoxy) is 2. The molecule has 0 amide bonds. The van der Waals surface area contributed by atoms with Crippen LogP contribution in [0.1, 0.15) is 12.0 Å². The van der Waals surface area contributed by atoms with Crippen LogP contribution < -0.4 is 4.74 Å². The Labute approximate surface area is 95.9 Å². The number of rotatable bonds is 2. The largest absolute Gasteiger partial charge is 0.497 e. The van der Waals surface area contributed by atoms with Gasteiger partial charge >= 0.3 is 0 Å². The van der Waals surface area contributed by atoms with E-state index in [1.807, 2.05) is 24.3 Å². The maximum atomic E-state index is 5.65. The highest BCUT2D eigenvalue weighted by molar-refractivity contribution is 5.46. The molecule has 0 radical (unpaired) electrons. The van der Waals surface area contributed by atoms with Gasteiger partial charge in [-0.1, -0.05) is 24.6 Å². The molecule has 2 rings (SSSR count). The molecule has 0 N–H and O–H groups in total. The number of methoxy groups -OCH3 is 1. The van der Waals surface area contributed by atoms with E-state index in [0.29, 0.717) is 12.4 Å². The van der Waals surface area contributed by atoms with Crippen LogP contribution in [0.25, 0.3) is 0 Å². The highest BCUT2D eigenvalue weighted by Crippen LogP contribution is 2.40. The van der Waals surface area contributed by atoms with Crippen LogP contribution in [-0.2, 0) is 10.2 Å². The van der Waals surface area contributed by atoms with E-state index in [1.54, 1.807) is 7.11 Å². The van der Waals surface area contributed by atoms with Crippen molar-refractivity contribution in [2.24, 2.45) is 0 Å². The SMILES string of the molecule is C#CC1(c2cccc(OC)c2)CCOC1=C. The van der Waals surface area contributed by atoms with E-state index >= 15 is 0 Å². The second kappa shape index (κ2) is 3.94. The molecule has 1 unspecified atom stereocenters. The fourth-order valence-corrected chi connectivity index (χ4v) is 2.02. The lowest BCUT2D eigenvalue weighted by molar-refractivity contribution is 0.261. The minimum Gasteiger partial charge on any atom is -0.497 e. The third-order valence-electron chi connectivity index (χ3n) is 3.04. The molecule has 16 heavy (non-hydrogen) atoms. The molecule has 1 atom stereocenters. The number of benzene rings is 1. The van der Waals surface area contributed by atoms with E-state index < -0.39 is 5.41 Å². The molecule has 1 heterocycles. The fourth-order valence-electron chi connectivity index (χ4n) is 2.02. The van der Waals surface area contributed by atoms with E-state index in [-0.39, 0.29) is 0 Å². The van der Waals surface area contributed by atoms with E-state index in [4.69, 9.17) is 15.9 Å². The van der Waals surface area contributed by atoms with Crippen molar-refractivity contribution >= 4 is 0 Å². The predicted octanol–water partition coefficient (Wildman–Crippen LogP) is 2.50. The molecule has 1 aromatic rings. The first-order valence-corrected chi connectivity index (χ1v) is 5.17.